The van der Waals surface area contributed by atoms with Crippen LogP contribution in [-0.4, -0.2) is 60.5 Å². The summed E-state index contributed by atoms with van der Waals surface area (Å²) in [6, 6.07) is 6.66. The minimum Gasteiger partial charge on any atom is -0.456 e. The molecule has 1 amide bonds. The molecule has 1 aliphatic heterocycles. The van der Waals surface area contributed by atoms with Gasteiger partial charge < -0.3 is 14.1 Å². The second-order valence-corrected chi connectivity index (χ2v) is 10.5. The molecule has 31 heavy (non-hydrogen) atoms. The number of carbonyl (C=O) groups is 2. The fraction of sp³-hybridized carbons (Fsp3) is 0.571. The fourth-order valence-corrected chi connectivity index (χ4v) is 5.50. The Morgan fingerprint density at radius 1 is 1.29 bits per heavy atom. The van der Waals surface area contributed by atoms with Gasteiger partial charge in [0.25, 0.3) is 5.91 Å². The molecule has 1 aromatic heterocycles. The van der Waals surface area contributed by atoms with E-state index in [2.05, 4.69) is 0 Å². The molecule has 1 aromatic carbocycles. The van der Waals surface area contributed by atoms with Gasteiger partial charge in [-0.15, -0.1) is 0 Å². The lowest BCUT2D eigenvalue weighted by molar-refractivity contribution is -0.153. The summed E-state index contributed by atoms with van der Waals surface area (Å²) in [5.41, 5.74) is 1.15. The van der Waals surface area contributed by atoms with Crippen LogP contribution in [0.5, 0.6) is 0 Å². The van der Waals surface area contributed by atoms with Crippen LogP contribution in [0, 0.1) is 5.92 Å². The highest BCUT2D eigenvalue weighted by Gasteiger charge is 2.35. The fourth-order valence-electron chi connectivity index (χ4n) is 3.77. The summed E-state index contributed by atoms with van der Waals surface area (Å²) in [6.07, 6.45) is 0.802. The molecule has 1 fully saturated rings. The standard InChI is InChI=1S/C21H28N2O7S/c1-15(2)12-23(16-9-11-31(27,28)14-16)19(24)13-29-20(25)8-5-10-22-17-6-3-4-7-18(17)30-21(22)26/h3-4,6-7,15-16H,5,8-14H2,1-2H3. The number of nitrogens with zero attached hydrogens (tertiary/aromatic N) is 2. The van der Waals surface area contributed by atoms with E-state index in [1.54, 1.807) is 24.3 Å². The van der Waals surface area contributed by atoms with Crippen molar-refractivity contribution in [3.8, 4) is 0 Å². The van der Waals surface area contributed by atoms with Crippen molar-refractivity contribution >= 4 is 32.8 Å². The predicted octanol–water partition coefficient (Wildman–Crippen LogP) is 1.59. The van der Waals surface area contributed by atoms with Crippen molar-refractivity contribution < 1.29 is 27.2 Å². The summed E-state index contributed by atoms with van der Waals surface area (Å²) in [6.45, 7) is 4.16. The van der Waals surface area contributed by atoms with Crippen LogP contribution in [0.4, 0.5) is 0 Å². The Balaban J connectivity index is 1.50. The third-order valence-electron chi connectivity index (χ3n) is 5.22. The highest BCUT2D eigenvalue weighted by molar-refractivity contribution is 7.91. The molecule has 0 bridgehead atoms. The maximum atomic E-state index is 12.6. The first-order valence-corrected chi connectivity index (χ1v) is 12.2. The maximum Gasteiger partial charge on any atom is 0.419 e. The zero-order valence-electron chi connectivity index (χ0n) is 17.8. The number of benzene rings is 1. The lowest BCUT2D eigenvalue weighted by Gasteiger charge is -2.29. The molecule has 0 N–H and O–H groups in total. The number of esters is 1. The first-order valence-electron chi connectivity index (χ1n) is 10.4. The predicted molar refractivity (Wildman–Crippen MR) is 114 cm³/mol. The van der Waals surface area contributed by atoms with Gasteiger partial charge in [-0.25, -0.2) is 13.2 Å². The molecule has 1 atom stereocenters. The average Bonchev–Trinajstić information content (AvgIpc) is 3.22. The van der Waals surface area contributed by atoms with Gasteiger partial charge in [0.2, 0.25) is 0 Å². The van der Waals surface area contributed by atoms with Crippen LogP contribution in [-0.2, 0) is 30.7 Å². The van der Waals surface area contributed by atoms with Gasteiger partial charge in [-0.05, 0) is 30.9 Å². The molecule has 2 heterocycles. The average molecular weight is 453 g/mol. The lowest BCUT2D eigenvalue weighted by Crippen LogP contribution is -2.45. The number of para-hydroxylation sites is 2. The normalized spacial score (nSPS) is 17.8. The molecule has 2 aromatic rings. The SMILES string of the molecule is CC(C)CN(C(=O)COC(=O)CCCn1c(=O)oc2ccccc21)C1CCS(=O)(=O)C1. The third kappa shape index (κ3) is 5.96. The molecular weight excluding hydrogens is 424 g/mol. The first-order chi connectivity index (χ1) is 14.7. The smallest absolute Gasteiger partial charge is 0.419 e. The molecule has 170 valence electrons. The monoisotopic (exact) mass is 452 g/mol. The molecule has 0 saturated carbocycles. The Hall–Kier alpha value is -2.62. The van der Waals surface area contributed by atoms with Crippen molar-refractivity contribution in [3.63, 3.8) is 0 Å². The number of amides is 1. The molecule has 1 aliphatic rings. The molecule has 0 spiro atoms. The molecular formula is C21H28N2O7S. The number of hydrogen-bond acceptors (Lipinski definition) is 7. The van der Waals surface area contributed by atoms with E-state index in [1.807, 2.05) is 13.8 Å². The van der Waals surface area contributed by atoms with Gasteiger partial charge in [-0.3, -0.25) is 14.2 Å². The zero-order chi connectivity index (χ0) is 22.6. The quantitative estimate of drug-likeness (QED) is 0.531. The highest BCUT2D eigenvalue weighted by atomic mass is 32.2. The van der Waals surface area contributed by atoms with Crippen molar-refractivity contribution in [2.45, 2.75) is 45.7 Å². The number of aryl methyl sites for hydroxylation is 1. The molecule has 0 radical (unpaired) electrons. The van der Waals surface area contributed by atoms with E-state index in [1.165, 1.54) is 9.47 Å². The van der Waals surface area contributed by atoms with E-state index >= 15 is 0 Å². The summed E-state index contributed by atoms with van der Waals surface area (Å²) in [5.74, 6) is -1.24. The molecule has 1 unspecified atom stereocenters. The second kappa shape index (κ2) is 9.67. The Labute approximate surface area is 180 Å². The van der Waals surface area contributed by atoms with Crippen molar-refractivity contribution in [1.82, 2.24) is 9.47 Å². The van der Waals surface area contributed by atoms with Crippen molar-refractivity contribution in [3.05, 3.63) is 34.8 Å². The van der Waals surface area contributed by atoms with Crippen LogP contribution in [0.25, 0.3) is 11.1 Å². The van der Waals surface area contributed by atoms with Gasteiger partial charge in [-0.2, -0.15) is 0 Å². The number of fused-ring (bicyclic) bond motifs is 1. The minimum absolute atomic E-state index is 0.0429. The van der Waals surface area contributed by atoms with Gasteiger partial charge in [-0.1, -0.05) is 26.0 Å². The van der Waals surface area contributed by atoms with E-state index in [4.69, 9.17) is 9.15 Å². The van der Waals surface area contributed by atoms with Gasteiger partial charge >= 0.3 is 11.7 Å². The second-order valence-electron chi connectivity index (χ2n) is 8.25. The van der Waals surface area contributed by atoms with E-state index in [0.29, 0.717) is 30.5 Å². The van der Waals surface area contributed by atoms with Crippen molar-refractivity contribution in [1.29, 1.82) is 0 Å². The summed E-state index contributed by atoms with van der Waals surface area (Å²) in [4.78, 5) is 38.2. The van der Waals surface area contributed by atoms with Crippen LogP contribution < -0.4 is 5.76 Å². The highest BCUT2D eigenvalue weighted by Crippen LogP contribution is 2.19. The Morgan fingerprint density at radius 2 is 2.03 bits per heavy atom. The number of ether oxygens (including phenoxy) is 1. The van der Waals surface area contributed by atoms with Crippen molar-refractivity contribution in [2.24, 2.45) is 5.92 Å². The van der Waals surface area contributed by atoms with Crippen molar-refractivity contribution in [2.75, 3.05) is 24.7 Å². The Morgan fingerprint density at radius 3 is 2.71 bits per heavy atom. The summed E-state index contributed by atoms with van der Waals surface area (Å²) >= 11 is 0. The third-order valence-corrected chi connectivity index (χ3v) is 6.97. The van der Waals surface area contributed by atoms with E-state index in [-0.39, 0.29) is 42.3 Å². The van der Waals surface area contributed by atoms with Crippen LogP contribution in [0.2, 0.25) is 0 Å². The maximum absolute atomic E-state index is 12.6. The van der Waals surface area contributed by atoms with Gasteiger partial charge in [0.1, 0.15) is 0 Å². The Kier molecular flexibility index (Phi) is 7.19. The molecule has 9 nitrogen and oxygen atoms in total. The minimum atomic E-state index is -3.13. The molecule has 0 aliphatic carbocycles. The van der Waals surface area contributed by atoms with Gasteiger partial charge in [0, 0.05) is 25.6 Å². The largest absolute Gasteiger partial charge is 0.456 e. The number of aromatic nitrogens is 1. The Bertz CT molecular complexity index is 1100. The van der Waals surface area contributed by atoms with Crippen LogP contribution in [0.1, 0.15) is 33.1 Å². The zero-order valence-corrected chi connectivity index (χ0v) is 18.6. The summed E-state index contributed by atoms with van der Waals surface area (Å²) < 4.78 is 35.3. The molecule has 10 heteroatoms. The molecule has 1 saturated heterocycles. The topological polar surface area (TPSA) is 116 Å². The number of rotatable bonds is 9. The van der Waals surface area contributed by atoms with Crippen LogP contribution >= 0.6 is 0 Å². The molecule has 3 rings (SSSR count). The van der Waals surface area contributed by atoms with Gasteiger partial charge in [0.15, 0.2) is 22.0 Å². The number of carbonyl (C=O) groups excluding carboxylic acids is 2. The number of sulfone groups is 1. The summed E-state index contributed by atoms with van der Waals surface area (Å²) in [5, 5.41) is 0. The van der Waals surface area contributed by atoms with E-state index in [9.17, 15) is 22.8 Å². The van der Waals surface area contributed by atoms with Crippen LogP contribution in [0.15, 0.2) is 33.5 Å². The van der Waals surface area contributed by atoms with Crippen LogP contribution in [0.3, 0.4) is 0 Å². The summed E-state index contributed by atoms with van der Waals surface area (Å²) in [7, 11) is -3.13. The van der Waals surface area contributed by atoms with E-state index < -0.39 is 28.2 Å². The number of hydrogen-bond donors (Lipinski definition) is 0. The lowest BCUT2D eigenvalue weighted by atomic mass is 10.1. The van der Waals surface area contributed by atoms with E-state index in [0.717, 1.165) is 0 Å². The number of oxazole rings is 1. The first kappa shape index (κ1) is 23.1. The van der Waals surface area contributed by atoms with Gasteiger partial charge in [0.05, 0.1) is 17.0 Å².